The lowest BCUT2D eigenvalue weighted by Crippen LogP contribution is -2.55. The summed E-state index contributed by atoms with van der Waals surface area (Å²) in [5, 5.41) is 6.01. The molecule has 1 rings (SSSR count). The number of amides is 2. The minimum Gasteiger partial charge on any atom is -0.379 e. The molecule has 0 aromatic rings. The third kappa shape index (κ3) is 18.3. The number of rotatable bonds is 22. The van der Waals surface area contributed by atoms with Crippen molar-refractivity contribution in [2.75, 3.05) is 71.0 Å². The van der Waals surface area contributed by atoms with Gasteiger partial charge in [-0.3, -0.25) is 19.3 Å². The first-order valence-electron chi connectivity index (χ1n) is 16.3. The molecule has 9 nitrogen and oxygen atoms in total. The lowest BCUT2D eigenvalue weighted by molar-refractivity contribution is -0.143. The average molecular weight is 661 g/mol. The van der Waals surface area contributed by atoms with E-state index in [-0.39, 0.29) is 34.2 Å². The van der Waals surface area contributed by atoms with Crippen LogP contribution in [0.4, 0.5) is 0 Å². The Hall–Kier alpha value is -0.850. The Morgan fingerprint density at radius 2 is 1.27 bits per heavy atom. The highest BCUT2D eigenvalue weighted by Crippen LogP contribution is 2.26. The van der Waals surface area contributed by atoms with E-state index in [0.29, 0.717) is 39.0 Å². The number of carbonyl (C=O) groups is 3. The first kappa shape index (κ1) is 41.2. The van der Waals surface area contributed by atoms with Gasteiger partial charge in [-0.25, -0.2) is 0 Å². The number of ketones is 1. The molecule has 0 atom stereocenters. The van der Waals surface area contributed by atoms with Crippen LogP contribution in [-0.2, 0) is 23.9 Å². The molecule has 0 spiro atoms. The van der Waals surface area contributed by atoms with Crippen LogP contribution in [0.25, 0.3) is 0 Å². The van der Waals surface area contributed by atoms with Crippen LogP contribution >= 0.6 is 21.6 Å². The van der Waals surface area contributed by atoms with Gasteiger partial charge in [-0.15, -0.1) is 0 Å². The number of ether oxygens (including phenoxy) is 2. The van der Waals surface area contributed by atoms with Gasteiger partial charge in [-0.05, 0) is 66.2 Å². The minimum atomic E-state index is -0.804. The highest BCUT2D eigenvalue weighted by molar-refractivity contribution is 8.76. The van der Waals surface area contributed by atoms with E-state index in [0.717, 1.165) is 63.5 Å². The number of methoxy groups -OCH3 is 1. The molecule has 0 aromatic carbocycles. The van der Waals surface area contributed by atoms with Crippen LogP contribution in [0.3, 0.4) is 0 Å². The summed E-state index contributed by atoms with van der Waals surface area (Å²) in [4.78, 5) is 42.1. The summed E-state index contributed by atoms with van der Waals surface area (Å²) in [6.45, 7) is 25.0. The average Bonchev–Trinajstić information content (AvgIpc) is 2.94. The molecule has 1 aliphatic rings. The molecule has 0 unspecified atom stereocenters. The molecule has 0 aromatic heterocycles. The molecular weight excluding hydrogens is 597 g/mol. The molecule has 1 fully saturated rings. The van der Waals surface area contributed by atoms with Crippen molar-refractivity contribution < 1.29 is 23.9 Å². The number of Topliss-reactive ketones (excluding diaryl/α,β-unsaturated/α-hetero) is 1. The third-order valence-electron chi connectivity index (χ3n) is 8.44. The molecule has 1 saturated heterocycles. The smallest absolute Gasteiger partial charge is 0.221 e. The van der Waals surface area contributed by atoms with Gasteiger partial charge >= 0.3 is 0 Å². The molecule has 0 saturated carbocycles. The SMILES string of the molecule is COC(C)(C)CCOC(C)(C)C(=O)CCC(C)(C)N1CCN(CCC(=O)NCCSSCCNC(=O)CCC(C)(C)C)CC1. The molecule has 1 heterocycles. The van der Waals surface area contributed by atoms with Gasteiger partial charge in [-0.2, -0.15) is 0 Å². The van der Waals surface area contributed by atoms with Crippen molar-refractivity contribution in [1.29, 1.82) is 0 Å². The zero-order chi connectivity index (χ0) is 33.4. The largest absolute Gasteiger partial charge is 0.379 e. The van der Waals surface area contributed by atoms with Crippen LogP contribution in [0.15, 0.2) is 0 Å². The highest BCUT2D eigenvalue weighted by atomic mass is 33.1. The number of hydrogen-bond donors (Lipinski definition) is 2. The molecule has 0 aliphatic carbocycles. The Kier molecular flexibility index (Phi) is 18.5. The van der Waals surface area contributed by atoms with Crippen molar-refractivity contribution >= 4 is 39.2 Å². The number of nitrogens with one attached hydrogen (secondary N) is 2. The molecule has 11 heteroatoms. The zero-order valence-corrected chi connectivity index (χ0v) is 31.2. The molecule has 1 aliphatic heterocycles. The van der Waals surface area contributed by atoms with Gasteiger partial charge in [0.2, 0.25) is 11.8 Å². The predicted molar refractivity (Wildman–Crippen MR) is 186 cm³/mol. The maximum absolute atomic E-state index is 13.0. The molecule has 258 valence electrons. The molecule has 0 radical (unpaired) electrons. The molecule has 2 amide bonds. The lowest BCUT2D eigenvalue weighted by Gasteiger charge is -2.44. The van der Waals surface area contributed by atoms with E-state index >= 15 is 0 Å². The fraction of sp³-hybridized carbons (Fsp3) is 0.909. The van der Waals surface area contributed by atoms with Crippen molar-refractivity contribution in [3.63, 3.8) is 0 Å². The second-order valence-electron chi connectivity index (χ2n) is 14.8. The van der Waals surface area contributed by atoms with Gasteiger partial charge in [0, 0.05) is 89.2 Å². The Balaban J connectivity index is 2.18. The Labute approximate surface area is 276 Å². The van der Waals surface area contributed by atoms with E-state index in [1.165, 1.54) is 0 Å². The first-order chi connectivity index (χ1) is 20.4. The van der Waals surface area contributed by atoms with E-state index < -0.39 is 5.60 Å². The van der Waals surface area contributed by atoms with Gasteiger partial charge in [0.15, 0.2) is 5.78 Å². The van der Waals surface area contributed by atoms with Crippen LogP contribution in [-0.4, -0.2) is 115 Å². The summed E-state index contributed by atoms with van der Waals surface area (Å²) >= 11 is 0. The molecular formula is C33H64N4O5S2. The summed E-state index contributed by atoms with van der Waals surface area (Å²) in [7, 11) is 5.15. The van der Waals surface area contributed by atoms with E-state index in [1.54, 1.807) is 28.7 Å². The minimum absolute atomic E-state index is 0.0826. The van der Waals surface area contributed by atoms with E-state index in [4.69, 9.17) is 9.47 Å². The Bertz CT molecular complexity index is 869. The quantitative estimate of drug-likeness (QED) is 0.120. The molecule has 44 heavy (non-hydrogen) atoms. The monoisotopic (exact) mass is 660 g/mol. The third-order valence-corrected chi connectivity index (χ3v) is 10.8. The second-order valence-corrected chi connectivity index (χ2v) is 17.5. The summed E-state index contributed by atoms with van der Waals surface area (Å²) in [6.07, 6.45) is 3.98. The van der Waals surface area contributed by atoms with Crippen LogP contribution in [0.2, 0.25) is 0 Å². The van der Waals surface area contributed by atoms with E-state index in [2.05, 4.69) is 55.1 Å². The Morgan fingerprint density at radius 3 is 1.80 bits per heavy atom. The number of nitrogens with zero attached hydrogens (tertiary/aromatic N) is 2. The summed E-state index contributed by atoms with van der Waals surface area (Å²) < 4.78 is 11.4. The lowest BCUT2D eigenvalue weighted by atomic mass is 9.90. The van der Waals surface area contributed by atoms with Crippen LogP contribution < -0.4 is 10.6 Å². The maximum Gasteiger partial charge on any atom is 0.221 e. The van der Waals surface area contributed by atoms with Gasteiger partial charge in [0.1, 0.15) is 5.60 Å². The Morgan fingerprint density at radius 1 is 0.727 bits per heavy atom. The van der Waals surface area contributed by atoms with Crippen LogP contribution in [0.1, 0.15) is 101 Å². The van der Waals surface area contributed by atoms with E-state index in [9.17, 15) is 14.4 Å². The van der Waals surface area contributed by atoms with Gasteiger partial charge < -0.3 is 25.0 Å². The van der Waals surface area contributed by atoms with Gasteiger partial charge in [0.05, 0.1) is 12.2 Å². The number of piperazine rings is 1. The summed E-state index contributed by atoms with van der Waals surface area (Å²) in [5.41, 5.74) is -0.971. The normalized spacial score (nSPS) is 15.8. The standard InChI is InChI=1S/C33H64N4O5S2/c1-30(2,3)14-12-28(39)34-17-25-43-44-26-18-35-29(40)13-19-36-20-22-37(23-21-36)31(4,5)15-11-27(38)33(8,9)42-24-16-32(6,7)41-10/h11-26H2,1-10H3,(H,34,39)(H,35,40). The van der Waals surface area contributed by atoms with Crippen molar-refractivity contribution in [2.24, 2.45) is 5.41 Å². The fourth-order valence-electron chi connectivity index (χ4n) is 4.70. The van der Waals surface area contributed by atoms with Crippen molar-refractivity contribution in [1.82, 2.24) is 20.4 Å². The summed E-state index contributed by atoms with van der Waals surface area (Å²) in [6, 6.07) is 0. The highest BCUT2D eigenvalue weighted by Gasteiger charge is 2.34. The van der Waals surface area contributed by atoms with Crippen LogP contribution in [0, 0.1) is 5.41 Å². The van der Waals surface area contributed by atoms with Gasteiger partial charge in [-0.1, -0.05) is 42.4 Å². The first-order valence-corrected chi connectivity index (χ1v) is 18.8. The maximum atomic E-state index is 13.0. The van der Waals surface area contributed by atoms with Crippen molar-refractivity contribution in [2.45, 2.75) is 118 Å². The van der Waals surface area contributed by atoms with Gasteiger partial charge in [0.25, 0.3) is 0 Å². The number of hydrogen-bond acceptors (Lipinski definition) is 9. The van der Waals surface area contributed by atoms with Crippen LogP contribution in [0.5, 0.6) is 0 Å². The summed E-state index contributed by atoms with van der Waals surface area (Å²) in [5.74, 6) is 2.06. The molecule has 2 N–H and O–H groups in total. The fourth-order valence-corrected chi connectivity index (χ4v) is 6.51. The van der Waals surface area contributed by atoms with Crippen molar-refractivity contribution in [3.8, 4) is 0 Å². The number of carbonyl (C=O) groups excluding carboxylic acids is 3. The second kappa shape index (κ2) is 19.7. The molecule has 0 bridgehead atoms. The van der Waals surface area contributed by atoms with Crippen molar-refractivity contribution in [3.05, 3.63) is 0 Å². The topological polar surface area (TPSA) is 100 Å². The van der Waals surface area contributed by atoms with E-state index in [1.807, 2.05) is 27.7 Å². The predicted octanol–water partition coefficient (Wildman–Crippen LogP) is 5.17. The zero-order valence-electron chi connectivity index (χ0n) is 29.6.